The van der Waals surface area contributed by atoms with E-state index in [0.29, 0.717) is 11.6 Å². The van der Waals surface area contributed by atoms with Crippen LogP contribution in [0.15, 0.2) is 29.3 Å². The van der Waals surface area contributed by atoms with E-state index in [2.05, 4.69) is 27.9 Å². The van der Waals surface area contributed by atoms with E-state index in [1.807, 2.05) is 13.8 Å². The van der Waals surface area contributed by atoms with Gasteiger partial charge in [0.15, 0.2) is 5.96 Å². The molecule has 3 N–H and O–H groups in total. The first kappa shape index (κ1) is 16.9. The molecule has 1 amide bonds. The largest absolute Gasteiger partial charge is 0.357 e. The highest BCUT2D eigenvalue weighted by Gasteiger charge is 2.05. The lowest BCUT2D eigenvalue weighted by Crippen LogP contribution is -2.42. The molecule has 0 saturated heterocycles. The summed E-state index contributed by atoms with van der Waals surface area (Å²) in [5.41, 5.74) is 0.552. The van der Waals surface area contributed by atoms with Crippen LogP contribution in [0.2, 0.25) is 0 Å². The number of anilines is 1. The van der Waals surface area contributed by atoms with E-state index in [-0.39, 0.29) is 24.3 Å². The van der Waals surface area contributed by atoms with Crippen molar-refractivity contribution < 1.29 is 9.18 Å². The van der Waals surface area contributed by atoms with Crippen LogP contribution in [0, 0.1) is 5.82 Å². The second-order valence-corrected chi connectivity index (χ2v) is 4.70. The van der Waals surface area contributed by atoms with Gasteiger partial charge in [-0.15, -0.1) is 0 Å². The molecule has 0 fully saturated rings. The van der Waals surface area contributed by atoms with Gasteiger partial charge in [0.25, 0.3) is 0 Å². The lowest BCUT2D eigenvalue weighted by atomic mass is 10.3. The highest BCUT2D eigenvalue weighted by Crippen LogP contribution is 2.07. The van der Waals surface area contributed by atoms with Crippen LogP contribution in [-0.4, -0.2) is 31.0 Å². The minimum atomic E-state index is -0.335. The average Bonchev–Trinajstić information content (AvgIpc) is 2.47. The Hall–Kier alpha value is -2.11. The number of nitrogens with zero attached hydrogens (tertiary/aromatic N) is 1. The molecule has 0 aliphatic rings. The van der Waals surface area contributed by atoms with Gasteiger partial charge in [0.05, 0.1) is 0 Å². The molecule has 0 radical (unpaired) electrons. The summed E-state index contributed by atoms with van der Waals surface area (Å²) in [7, 11) is 0. The number of carbonyl (C=O) groups excluding carboxylic acids is 1. The topological polar surface area (TPSA) is 65.5 Å². The molecule has 21 heavy (non-hydrogen) atoms. The quantitative estimate of drug-likeness (QED) is 0.556. The fourth-order valence-electron chi connectivity index (χ4n) is 1.54. The van der Waals surface area contributed by atoms with Crippen LogP contribution >= 0.6 is 0 Å². The van der Waals surface area contributed by atoms with Crippen LogP contribution < -0.4 is 16.0 Å². The Balaban J connectivity index is 2.54. The first-order valence-corrected chi connectivity index (χ1v) is 7.15. The van der Waals surface area contributed by atoms with E-state index in [1.165, 1.54) is 24.3 Å². The Morgan fingerprint density at radius 2 is 1.95 bits per heavy atom. The van der Waals surface area contributed by atoms with Crippen molar-refractivity contribution in [1.82, 2.24) is 10.6 Å². The standard InChI is InChI=1S/C15H23FN4O/c1-4-11(3)19-15(17-5-2)18-10-14(21)20-13-8-6-12(16)7-9-13/h6-9,11H,4-5,10H2,1-3H3,(H,20,21)(H2,17,18,19). The number of hydrogen-bond acceptors (Lipinski definition) is 2. The van der Waals surface area contributed by atoms with Gasteiger partial charge in [-0.2, -0.15) is 0 Å². The molecule has 1 rings (SSSR count). The molecule has 116 valence electrons. The molecule has 0 aliphatic heterocycles. The van der Waals surface area contributed by atoms with E-state index in [1.54, 1.807) is 0 Å². The zero-order valence-electron chi connectivity index (χ0n) is 12.7. The number of carbonyl (C=O) groups is 1. The van der Waals surface area contributed by atoms with Gasteiger partial charge in [0.2, 0.25) is 5.91 Å². The molecular weight excluding hydrogens is 271 g/mol. The SMILES string of the molecule is CCNC(=NCC(=O)Nc1ccc(F)cc1)NC(C)CC. The summed E-state index contributed by atoms with van der Waals surface area (Å²) in [5.74, 6) is 0.0299. The number of benzene rings is 1. The van der Waals surface area contributed by atoms with Gasteiger partial charge in [-0.3, -0.25) is 4.79 Å². The predicted molar refractivity (Wildman–Crippen MR) is 83.9 cm³/mol. The van der Waals surface area contributed by atoms with Crippen LogP contribution in [-0.2, 0) is 4.79 Å². The second kappa shape index (κ2) is 8.94. The van der Waals surface area contributed by atoms with Crippen LogP contribution in [0.4, 0.5) is 10.1 Å². The van der Waals surface area contributed by atoms with Crippen molar-refractivity contribution in [3.05, 3.63) is 30.1 Å². The normalized spacial score (nSPS) is 12.7. The summed E-state index contributed by atoms with van der Waals surface area (Å²) < 4.78 is 12.8. The summed E-state index contributed by atoms with van der Waals surface area (Å²) in [5, 5.41) is 8.95. The number of amides is 1. The van der Waals surface area contributed by atoms with Gasteiger partial charge >= 0.3 is 0 Å². The lowest BCUT2D eigenvalue weighted by Gasteiger charge is -2.16. The molecule has 6 heteroatoms. The number of nitrogens with one attached hydrogen (secondary N) is 3. The number of rotatable bonds is 6. The Kier molecular flexibility index (Phi) is 7.21. The minimum absolute atomic E-state index is 0.00312. The molecule has 0 aromatic heterocycles. The fraction of sp³-hybridized carbons (Fsp3) is 0.467. The number of hydrogen-bond donors (Lipinski definition) is 3. The van der Waals surface area contributed by atoms with Crippen LogP contribution in [0.5, 0.6) is 0 Å². The monoisotopic (exact) mass is 294 g/mol. The first-order chi connectivity index (χ1) is 10.0. The molecule has 1 aromatic rings. The van der Waals surface area contributed by atoms with E-state index >= 15 is 0 Å². The van der Waals surface area contributed by atoms with Crippen molar-refractivity contribution in [2.75, 3.05) is 18.4 Å². The van der Waals surface area contributed by atoms with Gasteiger partial charge in [-0.1, -0.05) is 6.92 Å². The Labute approximate surface area is 125 Å². The highest BCUT2D eigenvalue weighted by atomic mass is 19.1. The third-order valence-corrected chi connectivity index (χ3v) is 2.85. The highest BCUT2D eigenvalue weighted by molar-refractivity contribution is 5.94. The summed E-state index contributed by atoms with van der Waals surface area (Å²) in [6.45, 7) is 6.81. The zero-order valence-corrected chi connectivity index (χ0v) is 12.7. The van der Waals surface area contributed by atoms with Crippen LogP contribution in [0.25, 0.3) is 0 Å². The predicted octanol–water partition coefficient (Wildman–Crippen LogP) is 2.12. The molecule has 0 heterocycles. The van der Waals surface area contributed by atoms with Gasteiger partial charge in [0, 0.05) is 18.3 Å². The maximum Gasteiger partial charge on any atom is 0.246 e. The molecule has 0 saturated carbocycles. The Bertz CT molecular complexity index is 473. The third-order valence-electron chi connectivity index (χ3n) is 2.85. The second-order valence-electron chi connectivity index (χ2n) is 4.70. The van der Waals surface area contributed by atoms with Crippen LogP contribution in [0.1, 0.15) is 27.2 Å². The zero-order chi connectivity index (χ0) is 15.7. The van der Waals surface area contributed by atoms with Crippen molar-refractivity contribution in [1.29, 1.82) is 0 Å². The van der Waals surface area contributed by atoms with Gasteiger partial charge in [0.1, 0.15) is 12.4 Å². The van der Waals surface area contributed by atoms with E-state index in [4.69, 9.17) is 0 Å². The number of guanidine groups is 1. The molecule has 1 atom stereocenters. The maximum absolute atomic E-state index is 12.8. The van der Waals surface area contributed by atoms with Gasteiger partial charge in [-0.05, 0) is 44.5 Å². The maximum atomic E-state index is 12.8. The van der Waals surface area contributed by atoms with Crippen LogP contribution in [0.3, 0.4) is 0 Å². The molecule has 0 spiro atoms. The summed E-state index contributed by atoms with van der Waals surface area (Å²) in [6.07, 6.45) is 0.964. The number of aliphatic imine (C=N–C) groups is 1. The molecule has 1 aromatic carbocycles. The molecule has 0 aliphatic carbocycles. The fourth-order valence-corrected chi connectivity index (χ4v) is 1.54. The summed E-state index contributed by atoms with van der Waals surface area (Å²) >= 11 is 0. The Morgan fingerprint density at radius 1 is 1.29 bits per heavy atom. The van der Waals surface area contributed by atoms with Crippen molar-refractivity contribution in [3.63, 3.8) is 0 Å². The molecule has 0 bridgehead atoms. The molecule has 1 unspecified atom stereocenters. The average molecular weight is 294 g/mol. The summed E-state index contributed by atoms with van der Waals surface area (Å²) in [4.78, 5) is 16.0. The van der Waals surface area contributed by atoms with E-state index in [0.717, 1.165) is 13.0 Å². The van der Waals surface area contributed by atoms with Gasteiger partial charge in [-0.25, -0.2) is 9.38 Å². The first-order valence-electron chi connectivity index (χ1n) is 7.15. The Morgan fingerprint density at radius 3 is 2.52 bits per heavy atom. The van der Waals surface area contributed by atoms with Crippen molar-refractivity contribution in [3.8, 4) is 0 Å². The number of halogens is 1. The third kappa shape index (κ3) is 6.74. The van der Waals surface area contributed by atoms with Gasteiger partial charge < -0.3 is 16.0 Å². The van der Waals surface area contributed by atoms with Crippen molar-refractivity contribution in [2.24, 2.45) is 4.99 Å². The molecular formula is C15H23FN4O. The van der Waals surface area contributed by atoms with E-state index < -0.39 is 0 Å². The van der Waals surface area contributed by atoms with Crippen molar-refractivity contribution >= 4 is 17.6 Å². The van der Waals surface area contributed by atoms with E-state index in [9.17, 15) is 9.18 Å². The van der Waals surface area contributed by atoms with Crippen molar-refractivity contribution in [2.45, 2.75) is 33.2 Å². The smallest absolute Gasteiger partial charge is 0.246 e. The summed E-state index contributed by atoms with van der Waals surface area (Å²) in [6, 6.07) is 5.91. The lowest BCUT2D eigenvalue weighted by molar-refractivity contribution is -0.114. The minimum Gasteiger partial charge on any atom is -0.357 e. The molecule has 5 nitrogen and oxygen atoms in total.